The first-order valence-corrected chi connectivity index (χ1v) is 6.87. The van der Waals surface area contributed by atoms with Crippen molar-refractivity contribution in [2.45, 2.75) is 39.7 Å². The Morgan fingerprint density at radius 1 is 1.32 bits per heavy atom. The quantitative estimate of drug-likeness (QED) is 0.467. The number of hydrogen-bond acceptors (Lipinski definition) is 5. The average molecular weight is 271 g/mol. The lowest BCUT2D eigenvalue weighted by atomic mass is 9.87. The molecular weight excluding hydrogens is 246 g/mol. The molecule has 110 valence electrons. The van der Waals surface area contributed by atoms with Crippen LogP contribution in [0.1, 0.15) is 33.6 Å². The number of rotatable bonds is 9. The molecule has 0 aromatic carbocycles. The lowest BCUT2D eigenvalue weighted by molar-refractivity contribution is -0.158. The van der Waals surface area contributed by atoms with Gasteiger partial charge in [0, 0.05) is 19.7 Å². The number of ether oxygens (including phenoxy) is 2. The Labute approximate surface area is 115 Å². The van der Waals surface area contributed by atoms with Crippen LogP contribution in [0.2, 0.25) is 0 Å². The van der Waals surface area contributed by atoms with E-state index in [0.29, 0.717) is 25.8 Å². The fraction of sp³-hybridized carbons (Fsp3) is 0.857. The van der Waals surface area contributed by atoms with Crippen molar-refractivity contribution < 1.29 is 19.1 Å². The van der Waals surface area contributed by atoms with E-state index in [1.54, 1.807) is 27.9 Å². The number of methoxy groups -OCH3 is 1. The van der Waals surface area contributed by atoms with Crippen LogP contribution in [0.25, 0.3) is 0 Å². The van der Waals surface area contributed by atoms with Crippen LogP contribution in [0.4, 0.5) is 0 Å². The van der Waals surface area contributed by atoms with Crippen LogP contribution in [0, 0.1) is 5.41 Å². The fourth-order valence-electron chi connectivity index (χ4n) is 1.85. The number of carbonyl (C=O) groups is 2. The molecule has 19 heavy (non-hydrogen) atoms. The highest BCUT2D eigenvalue weighted by atomic mass is 16.5. The minimum absolute atomic E-state index is 0.0889. The Morgan fingerprint density at radius 2 is 1.95 bits per heavy atom. The predicted octanol–water partition coefficient (Wildman–Crippen LogP) is 1.26. The Bertz CT molecular complexity index is 323. The van der Waals surface area contributed by atoms with Gasteiger partial charge in [0.05, 0.1) is 19.8 Å². The second kappa shape index (κ2) is 7.01. The van der Waals surface area contributed by atoms with Crippen molar-refractivity contribution >= 4 is 11.8 Å². The van der Waals surface area contributed by atoms with Gasteiger partial charge < -0.3 is 9.47 Å². The molecule has 0 heterocycles. The van der Waals surface area contributed by atoms with E-state index in [9.17, 15) is 9.59 Å². The molecule has 0 saturated heterocycles. The van der Waals surface area contributed by atoms with Crippen molar-refractivity contribution in [2.75, 3.05) is 33.4 Å². The Balaban J connectivity index is 2.57. The van der Waals surface area contributed by atoms with Crippen LogP contribution in [-0.4, -0.2) is 56.1 Å². The first-order chi connectivity index (χ1) is 8.93. The molecule has 1 fully saturated rings. The molecule has 0 spiro atoms. The van der Waals surface area contributed by atoms with Crippen LogP contribution < -0.4 is 0 Å². The van der Waals surface area contributed by atoms with Crippen molar-refractivity contribution in [1.29, 1.82) is 0 Å². The molecule has 0 atom stereocenters. The summed E-state index contributed by atoms with van der Waals surface area (Å²) in [6.45, 7) is 6.93. The van der Waals surface area contributed by atoms with Gasteiger partial charge in [-0.05, 0) is 33.6 Å². The van der Waals surface area contributed by atoms with Gasteiger partial charge >= 0.3 is 5.97 Å². The topological polar surface area (TPSA) is 55.8 Å². The molecule has 0 radical (unpaired) electrons. The van der Waals surface area contributed by atoms with Crippen LogP contribution in [0.15, 0.2) is 0 Å². The first-order valence-electron chi connectivity index (χ1n) is 6.87. The molecule has 0 N–H and O–H groups in total. The highest BCUT2D eigenvalue weighted by molar-refractivity contribution is 6.03. The summed E-state index contributed by atoms with van der Waals surface area (Å²) in [5.41, 5.74) is -1.07. The van der Waals surface area contributed by atoms with E-state index >= 15 is 0 Å². The lowest BCUT2D eigenvalue weighted by Gasteiger charge is -2.26. The molecule has 1 rings (SSSR count). The molecule has 0 bridgehead atoms. The SMILES string of the molecule is CCOC(=O)C(C)(C)C(=O)CN(CCOC)C1CC1. The Hall–Kier alpha value is -0.940. The highest BCUT2D eigenvalue weighted by Gasteiger charge is 2.40. The molecule has 0 unspecified atom stereocenters. The van der Waals surface area contributed by atoms with E-state index in [4.69, 9.17) is 9.47 Å². The molecule has 5 heteroatoms. The maximum Gasteiger partial charge on any atom is 0.319 e. The summed E-state index contributed by atoms with van der Waals surface area (Å²) < 4.78 is 10.0. The average Bonchev–Trinajstić information content (AvgIpc) is 3.18. The van der Waals surface area contributed by atoms with Crippen LogP contribution >= 0.6 is 0 Å². The third-order valence-electron chi connectivity index (χ3n) is 3.48. The van der Waals surface area contributed by atoms with Crippen molar-refractivity contribution in [3.05, 3.63) is 0 Å². The van der Waals surface area contributed by atoms with Gasteiger partial charge in [-0.25, -0.2) is 0 Å². The molecule has 1 aliphatic rings. The van der Waals surface area contributed by atoms with Crippen molar-refractivity contribution in [1.82, 2.24) is 4.90 Å². The zero-order valence-corrected chi connectivity index (χ0v) is 12.4. The molecule has 1 saturated carbocycles. The third kappa shape index (κ3) is 4.58. The van der Waals surface area contributed by atoms with E-state index in [2.05, 4.69) is 4.90 Å². The van der Waals surface area contributed by atoms with Crippen LogP contribution in [0.3, 0.4) is 0 Å². The number of carbonyl (C=O) groups excluding carboxylic acids is 2. The highest BCUT2D eigenvalue weighted by Crippen LogP contribution is 2.28. The summed E-state index contributed by atoms with van der Waals surface area (Å²) in [7, 11) is 1.65. The molecule has 0 aromatic rings. The minimum atomic E-state index is -1.07. The number of Topliss-reactive ketones (excluding diaryl/α,β-unsaturated/α-hetero) is 1. The van der Waals surface area contributed by atoms with Gasteiger partial charge in [0.1, 0.15) is 5.41 Å². The smallest absolute Gasteiger partial charge is 0.319 e. The maximum atomic E-state index is 12.3. The third-order valence-corrected chi connectivity index (χ3v) is 3.48. The summed E-state index contributed by atoms with van der Waals surface area (Å²) in [5.74, 6) is -0.531. The van der Waals surface area contributed by atoms with E-state index in [0.717, 1.165) is 19.4 Å². The largest absolute Gasteiger partial charge is 0.465 e. The Kier molecular flexibility index (Phi) is 5.94. The molecule has 5 nitrogen and oxygen atoms in total. The van der Waals surface area contributed by atoms with Gasteiger partial charge in [0.2, 0.25) is 0 Å². The summed E-state index contributed by atoms with van der Waals surface area (Å²) in [6.07, 6.45) is 2.24. The molecule has 0 aliphatic heterocycles. The van der Waals surface area contributed by atoms with Gasteiger partial charge in [-0.2, -0.15) is 0 Å². The van der Waals surface area contributed by atoms with E-state index in [1.807, 2.05) is 0 Å². The Morgan fingerprint density at radius 3 is 2.42 bits per heavy atom. The zero-order valence-electron chi connectivity index (χ0n) is 12.4. The molecule has 1 aliphatic carbocycles. The molecular formula is C14H25NO4. The van der Waals surface area contributed by atoms with Gasteiger partial charge in [0.15, 0.2) is 5.78 Å². The number of ketones is 1. The summed E-state index contributed by atoms with van der Waals surface area (Å²) in [6, 6.07) is 0.470. The zero-order chi connectivity index (χ0) is 14.5. The van der Waals surface area contributed by atoms with Crippen LogP contribution in [0.5, 0.6) is 0 Å². The number of nitrogens with zero attached hydrogens (tertiary/aromatic N) is 1. The number of hydrogen-bond donors (Lipinski definition) is 0. The van der Waals surface area contributed by atoms with Crippen molar-refractivity contribution in [3.8, 4) is 0 Å². The molecule has 0 amide bonds. The van der Waals surface area contributed by atoms with Gasteiger partial charge in [-0.15, -0.1) is 0 Å². The minimum Gasteiger partial charge on any atom is -0.465 e. The standard InChI is InChI=1S/C14H25NO4/c1-5-19-13(17)14(2,3)12(16)10-15(8-9-18-4)11-6-7-11/h11H,5-10H2,1-4H3. The second-order valence-electron chi connectivity index (χ2n) is 5.46. The molecule has 0 aromatic heterocycles. The fourth-order valence-corrected chi connectivity index (χ4v) is 1.85. The normalized spacial score (nSPS) is 15.6. The predicted molar refractivity (Wildman–Crippen MR) is 71.9 cm³/mol. The first kappa shape index (κ1) is 16.1. The van der Waals surface area contributed by atoms with E-state index < -0.39 is 11.4 Å². The second-order valence-corrected chi connectivity index (χ2v) is 5.46. The van der Waals surface area contributed by atoms with Gasteiger partial charge in [0.25, 0.3) is 0 Å². The lowest BCUT2D eigenvalue weighted by Crippen LogP contribution is -2.44. The van der Waals surface area contributed by atoms with Crippen molar-refractivity contribution in [2.24, 2.45) is 5.41 Å². The number of esters is 1. The summed E-state index contributed by atoms with van der Waals surface area (Å²) >= 11 is 0. The maximum absolute atomic E-state index is 12.3. The summed E-state index contributed by atoms with van der Waals surface area (Å²) in [5, 5.41) is 0. The monoisotopic (exact) mass is 271 g/mol. The van der Waals surface area contributed by atoms with Gasteiger partial charge in [-0.3, -0.25) is 14.5 Å². The van der Waals surface area contributed by atoms with E-state index in [1.165, 1.54) is 0 Å². The van der Waals surface area contributed by atoms with Crippen LogP contribution in [-0.2, 0) is 19.1 Å². The van der Waals surface area contributed by atoms with Gasteiger partial charge in [-0.1, -0.05) is 0 Å². The van der Waals surface area contributed by atoms with Crippen molar-refractivity contribution in [3.63, 3.8) is 0 Å². The summed E-state index contributed by atoms with van der Waals surface area (Å²) in [4.78, 5) is 26.2. The van der Waals surface area contributed by atoms with E-state index in [-0.39, 0.29) is 5.78 Å².